The normalized spacial score (nSPS) is 10.3. The molecule has 5 heteroatoms. The molecule has 5 nitrogen and oxygen atoms in total. The highest BCUT2D eigenvalue weighted by Crippen LogP contribution is 2.21. The van der Waals surface area contributed by atoms with E-state index in [1.54, 1.807) is 56.3 Å². The van der Waals surface area contributed by atoms with E-state index in [2.05, 4.69) is 0 Å². The first-order valence-electron chi connectivity index (χ1n) is 7.76. The summed E-state index contributed by atoms with van der Waals surface area (Å²) in [4.78, 5) is 24.3. The number of benzene rings is 2. The van der Waals surface area contributed by atoms with Gasteiger partial charge in [0.2, 0.25) is 0 Å². The average molecular weight is 328 g/mol. The Hall–Kier alpha value is -2.82. The molecule has 0 spiro atoms. The summed E-state index contributed by atoms with van der Waals surface area (Å²) in [6, 6.07) is 13.2. The third kappa shape index (κ3) is 4.59. The quantitative estimate of drug-likeness (QED) is 0.595. The van der Waals surface area contributed by atoms with Crippen LogP contribution in [0.3, 0.4) is 0 Å². The predicted molar refractivity (Wildman–Crippen MR) is 89.6 cm³/mol. The van der Waals surface area contributed by atoms with Crippen molar-refractivity contribution in [3.05, 3.63) is 59.7 Å². The molecular formula is C19H20O5. The summed E-state index contributed by atoms with van der Waals surface area (Å²) in [5.41, 5.74) is 0.654. The van der Waals surface area contributed by atoms with Crippen molar-refractivity contribution in [2.24, 2.45) is 0 Å². The molecule has 0 fully saturated rings. The molecule has 0 saturated carbocycles. The van der Waals surface area contributed by atoms with Crippen LogP contribution in [0.4, 0.5) is 0 Å². The SMILES string of the molecule is CCOc1ccccc1C(=O)Oc1cccc(C(=O)OC(C)C)c1. The van der Waals surface area contributed by atoms with E-state index in [1.807, 2.05) is 6.92 Å². The number of carbonyl (C=O) groups excluding carboxylic acids is 2. The highest BCUT2D eigenvalue weighted by atomic mass is 16.5. The van der Waals surface area contributed by atoms with E-state index in [0.717, 1.165) is 0 Å². The molecule has 2 aromatic carbocycles. The molecule has 0 aliphatic carbocycles. The van der Waals surface area contributed by atoms with Crippen LogP contribution in [0, 0.1) is 0 Å². The first-order chi connectivity index (χ1) is 11.5. The summed E-state index contributed by atoms with van der Waals surface area (Å²) in [7, 11) is 0. The van der Waals surface area contributed by atoms with E-state index in [0.29, 0.717) is 23.5 Å². The van der Waals surface area contributed by atoms with Crippen molar-refractivity contribution in [3.63, 3.8) is 0 Å². The second kappa shape index (κ2) is 8.15. The lowest BCUT2D eigenvalue weighted by atomic mass is 10.2. The Morgan fingerprint density at radius 2 is 1.75 bits per heavy atom. The first-order valence-corrected chi connectivity index (χ1v) is 7.76. The minimum atomic E-state index is -0.548. The van der Waals surface area contributed by atoms with Gasteiger partial charge in [0.15, 0.2) is 0 Å². The van der Waals surface area contributed by atoms with Crippen LogP contribution in [0.5, 0.6) is 11.5 Å². The van der Waals surface area contributed by atoms with Gasteiger partial charge in [-0.3, -0.25) is 0 Å². The minimum Gasteiger partial charge on any atom is -0.493 e. The van der Waals surface area contributed by atoms with Crippen LogP contribution in [-0.2, 0) is 4.74 Å². The number of para-hydroxylation sites is 1. The van der Waals surface area contributed by atoms with Crippen LogP contribution < -0.4 is 9.47 Å². The van der Waals surface area contributed by atoms with Crippen molar-refractivity contribution < 1.29 is 23.8 Å². The smallest absolute Gasteiger partial charge is 0.347 e. The van der Waals surface area contributed by atoms with Gasteiger partial charge in [0, 0.05) is 0 Å². The molecule has 24 heavy (non-hydrogen) atoms. The molecule has 0 radical (unpaired) electrons. The molecule has 0 atom stereocenters. The Morgan fingerprint density at radius 1 is 1.00 bits per heavy atom. The number of carbonyl (C=O) groups is 2. The largest absolute Gasteiger partial charge is 0.493 e. The molecule has 126 valence electrons. The fourth-order valence-corrected chi connectivity index (χ4v) is 2.05. The number of hydrogen-bond acceptors (Lipinski definition) is 5. The van der Waals surface area contributed by atoms with E-state index < -0.39 is 11.9 Å². The van der Waals surface area contributed by atoms with Crippen LogP contribution in [0.2, 0.25) is 0 Å². The molecule has 0 aliphatic rings. The van der Waals surface area contributed by atoms with Crippen molar-refractivity contribution in [3.8, 4) is 11.5 Å². The van der Waals surface area contributed by atoms with E-state index in [1.165, 1.54) is 6.07 Å². The Morgan fingerprint density at radius 3 is 2.46 bits per heavy atom. The van der Waals surface area contributed by atoms with Gasteiger partial charge in [-0.15, -0.1) is 0 Å². The highest BCUT2D eigenvalue weighted by molar-refractivity contribution is 5.94. The molecule has 2 rings (SSSR count). The van der Waals surface area contributed by atoms with Crippen LogP contribution >= 0.6 is 0 Å². The lowest BCUT2D eigenvalue weighted by Gasteiger charge is -2.11. The van der Waals surface area contributed by atoms with Crippen molar-refractivity contribution in [1.82, 2.24) is 0 Å². The molecule has 0 saturated heterocycles. The average Bonchev–Trinajstić information content (AvgIpc) is 2.55. The van der Waals surface area contributed by atoms with Crippen molar-refractivity contribution in [2.45, 2.75) is 26.9 Å². The summed E-state index contributed by atoms with van der Waals surface area (Å²) in [5, 5.41) is 0. The maximum atomic E-state index is 12.4. The molecule has 0 unspecified atom stereocenters. The predicted octanol–water partition coefficient (Wildman–Crippen LogP) is 3.87. The molecule has 0 bridgehead atoms. The highest BCUT2D eigenvalue weighted by Gasteiger charge is 2.16. The third-order valence-corrected chi connectivity index (χ3v) is 3.03. The maximum absolute atomic E-state index is 12.4. The summed E-state index contributed by atoms with van der Waals surface area (Å²) in [6.45, 7) is 5.83. The second-order valence-electron chi connectivity index (χ2n) is 5.30. The fourth-order valence-electron chi connectivity index (χ4n) is 2.05. The maximum Gasteiger partial charge on any atom is 0.347 e. The lowest BCUT2D eigenvalue weighted by Crippen LogP contribution is -2.13. The minimum absolute atomic E-state index is 0.221. The van der Waals surface area contributed by atoms with Crippen LogP contribution in [0.1, 0.15) is 41.5 Å². The van der Waals surface area contributed by atoms with E-state index in [4.69, 9.17) is 14.2 Å². The van der Waals surface area contributed by atoms with Gasteiger partial charge in [-0.1, -0.05) is 18.2 Å². The van der Waals surface area contributed by atoms with Gasteiger partial charge in [-0.05, 0) is 51.1 Å². The third-order valence-electron chi connectivity index (χ3n) is 3.03. The summed E-state index contributed by atoms with van der Waals surface area (Å²) in [6.07, 6.45) is -0.221. The van der Waals surface area contributed by atoms with Crippen LogP contribution in [0.25, 0.3) is 0 Å². The van der Waals surface area contributed by atoms with Crippen molar-refractivity contribution >= 4 is 11.9 Å². The number of esters is 2. The van der Waals surface area contributed by atoms with Crippen LogP contribution in [0.15, 0.2) is 48.5 Å². The molecule has 0 heterocycles. The molecule has 0 aliphatic heterocycles. The zero-order valence-electron chi connectivity index (χ0n) is 13.9. The van der Waals surface area contributed by atoms with E-state index in [-0.39, 0.29) is 11.9 Å². The summed E-state index contributed by atoms with van der Waals surface area (Å²) >= 11 is 0. The fraction of sp³-hybridized carbons (Fsp3) is 0.263. The van der Waals surface area contributed by atoms with Gasteiger partial charge < -0.3 is 14.2 Å². The van der Waals surface area contributed by atoms with Gasteiger partial charge in [0.25, 0.3) is 0 Å². The van der Waals surface area contributed by atoms with Crippen molar-refractivity contribution in [2.75, 3.05) is 6.61 Å². The first kappa shape index (κ1) is 17.5. The zero-order valence-corrected chi connectivity index (χ0v) is 13.9. The number of hydrogen-bond donors (Lipinski definition) is 0. The van der Waals surface area contributed by atoms with E-state index in [9.17, 15) is 9.59 Å². The monoisotopic (exact) mass is 328 g/mol. The summed E-state index contributed by atoms with van der Waals surface area (Å²) < 4.78 is 15.9. The molecule has 0 amide bonds. The zero-order chi connectivity index (χ0) is 17.5. The standard InChI is InChI=1S/C19H20O5/c1-4-22-17-11-6-5-10-16(17)19(21)24-15-9-7-8-14(12-15)18(20)23-13(2)3/h5-13H,4H2,1-3H3. The summed E-state index contributed by atoms with van der Waals surface area (Å²) in [5.74, 6) is -0.282. The second-order valence-corrected chi connectivity index (χ2v) is 5.30. The van der Waals surface area contributed by atoms with Crippen LogP contribution in [-0.4, -0.2) is 24.6 Å². The van der Waals surface area contributed by atoms with Gasteiger partial charge in [0.1, 0.15) is 17.1 Å². The molecular weight excluding hydrogens is 308 g/mol. The van der Waals surface area contributed by atoms with Gasteiger partial charge in [-0.25, -0.2) is 9.59 Å². The Kier molecular flexibility index (Phi) is 5.95. The topological polar surface area (TPSA) is 61.8 Å². The Balaban J connectivity index is 2.17. The number of ether oxygens (including phenoxy) is 3. The molecule has 2 aromatic rings. The van der Waals surface area contributed by atoms with E-state index >= 15 is 0 Å². The Labute approximate surface area is 141 Å². The molecule has 0 aromatic heterocycles. The van der Waals surface area contributed by atoms with Gasteiger partial charge >= 0.3 is 11.9 Å². The molecule has 0 N–H and O–H groups in total. The van der Waals surface area contributed by atoms with Gasteiger partial charge in [-0.2, -0.15) is 0 Å². The Bertz CT molecular complexity index is 721. The number of rotatable bonds is 6. The van der Waals surface area contributed by atoms with Gasteiger partial charge in [0.05, 0.1) is 18.3 Å². The van der Waals surface area contributed by atoms with Crippen molar-refractivity contribution in [1.29, 1.82) is 0 Å². The lowest BCUT2D eigenvalue weighted by molar-refractivity contribution is 0.0376.